The summed E-state index contributed by atoms with van der Waals surface area (Å²) in [5.41, 5.74) is 5.51. The molecule has 0 spiro atoms. The summed E-state index contributed by atoms with van der Waals surface area (Å²) in [5, 5.41) is 1.54. The molecule has 11 heavy (non-hydrogen) atoms. The summed E-state index contributed by atoms with van der Waals surface area (Å²) in [7, 11) is -4.14. The number of piperidine rings is 1. The van der Waals surface area contributed by atoms with E-state index in [0.717, 1.165) is 13.0 Å². The molecule has 0 aromatic rings. The number of rotatable bonds is 1. The van der Waals surface area contributed by atoms with Gasteiger partial charge in [0.25, 0.3) is 0 Å². The Morgan fingerprint density at radius 3 is 2.45 bits per heavy atom. The predicted octanol–water partition coefficient (Wildman–Crippen LogP) is -0.798. The molecular formula is C5H13N2O3P. The van der Waals surface area contributed by atoms with Gasteiger partial charge in [0.15, 0.2) is 0 Å². The normalized spacial score (nSPS) is 33.7. The Labute approximate surface area is 65.1 Å². The van der Waals surface area contributed by atoms with Gasteiger partial charge >= 0.3 is 7.60 Å². The molecule has 1 saturated heterocycles. The maximum atomic E-state index is 10.8. The number of nitrogens with two attached hydrogens (primary N) is 1. The summed E-state index contributed by atoms with van der Waals surface area (Å²) in [5.74, 6) is 0. The SMILES string of the molecule is N[C@]1(P(=O)(O)O)CCCNC1. The molecule has 5 N–H and O–H groups in total. The van der Waals surface area contributed by atoms with Crippen molar-refractivity contribution in [1.82, 2.24) is 5.32 Å². The van der Waals surface area contributed by atoms with Crippen molar-refractivity contribution in [2.45, 2.75) is 18.1 Å². The Morgan fingerprint density at radius 1 is 1.55 bits per heavy atom. The van der Waals surface area contributed by atoms with E-state index in [1.165, 1.54) is 0 Å². The molecule has 6 heteroatoms. The molecular weight excluding hydrogens is 167 g/mol. The van der Waals surface area contributed by atoms with Gasteiger partial charge in [0.2, 0.25) is 0 Å². The topological polar surface area (TPSA) is 95.6 Å². The van der Waals surface area contributed by atoms with E-state index in [-0.39, 0.29) is 6.54 Å². The van der Waals surface area contributed by atoms with Gasteiger partial charge in [-0.2, -0.15) is 0 Å². The molecule has 66 valence electrons. The first-order valence-corrected chi connectivity index (χ1v) is 5.12. The monoisotopic (exact) mass is 180 g/mol. The van der Waals surface area contributed by atoms with Gasteiger partial charge in [0, 0.05) is 6.54 Å². The van der Waals surface area contributed by atoms with Crippen LogP contribution < -0.4 is 11.1 Å². The van der Waals surface area contributed by atoms with E-state index in [9.17, 15) is 4.57 Å². The lowest BCUT2D eigenvalue weighted by atomic mass is 10.1. The second-order valence-electron chi connectivity index (χ2n) is 2.93. The van der Waals surface area contributed by atoms with E-state index < -0.39 is 12.9 Å². The third-order valence-corrected chi connectivity index (χ3v) is 3.52. The molecule has 0 unspecified atom stereocenters. The molecule has 1 fully saturated rings. The second-order valence-corrected chi connectivity index (χ2v) is 4.91. The zero-order valence-corrected chi connectivity index (χ0v) is 7.05. The third kappa shape index (κ3) is 1.80. The number of nitrogens with one attached hydrogen (secondary N) is 1. The van der Waals surface area contributed by atoms with Crippen LogP contribution in [-0.4, -0.2) is 28.2 Å². The summed E-state index contributed by atoms with van der Waals surface area (Å²) < 4.78 is 10.8. The van der Waals surface area contributed by atoms with Gasteiger partial charge in [-0.05, 0) is 19.4 Å². The minimum atomic E-state index is -4.14. The molecule has 5 nitrogen and oxygen atoms in total. The van der Waals surface area contributed by atoms with Gasteiger partial charge in [0.05, 0.1) is 0 Å². The van der Waals surface area contributed by atoms with Crippen LogP contribution >= 0.6 is 7.60 Å². The number of hydrogen-bond donors (Lipinski definition) is 4. The van der Waals surface area contributed by atoms with E-state index >= 15 is 0 Å². The van der Waals surface area contributed by atoms with E-state index in [0.29, 0.717) is 6.42 Å². The molecule has 0 aromatic carbocycles. The molecule has 0 amide bonds. The summed E-state index contributed by atoms with van der Waals surface area (Å²) >= 11 is 0. The van der Waals surface area contributed by atoms with Crippen LogP contribution in [0.1, 0.15) is 12.8 Å². The first kappa shape index (κ1) is 9.16. The predicted molar refractivity (Wildman–Crippen MR) is 41.1 cm³/mol. The van der Waals surface area contributed by atoms with Gasteiger partial charge in [0.1, 0.15) is 5.28 Å². The van der Waals surface area contributed by atoms with Crippen LogP contribution in [0.3, 0.4) is 0 Å². The standard InChI is InChI=1S/C5H13N2O3P/c6-5(11(8,9)10)2-1-3-7-4-5/h7H,1-4,6H2,(H2,8,9,10)/t5-/m0/s1. The smallest absolute Gasteiger partial charge is 0.323 e. The van der Waals surface area contributed by atoms with Gasteiger partial charge < -0.3 is 20.8 Å². The highest BCUT2D eigenvalue weighted by Crippen LogP contribution is 2.49. The molecule has 0 aromatic heterocycles. The molecule has 1 aliphatic heterocycles. The lowest BCUT2D eigenvalue weighted by molar-refractivity contribution is 0.292. The molecule has 1 rings (SSSR count). The van der Waals surface area contributed by atoms with Gasteiger partial charge in [-0.15, -0.1) is 0 Å². The summed E-state index contributed by atoms with van der Waals surface area (Å²) in [4.78, 5) is 17.7. The molecule has 0 aliphatic carbocycles. The fourth-order valence-electron chi connectivity index (χ4n) is 1.16. The van der Waals surface area contributed by atoms with Gasteiger partial charge in [-0.1, -0.05) is 0 Å². The quantitative estimate of drug-likeness (QED) is 0.396. The van der Waals surface area contributed by atoms with Crippen molar-refractivity contribution in [2.75, 3.05) is 13.1 Å². The third-order valence-electron chi connectivity index (χ3n) is 1.97. The highest BCUT2D eigenvalue weighted by atomic mass is 31.2. The lowest BCUT2D eigenvalue weighted by Gasteiger charge is -2.33. The summed E-state index contributed by atoms with van der Waals surface area (Å²) in [6.45, 7) is 0.996. The average Bonchev–Trinajstić information content (AvgIpc) is 1.87. The van der Waals surface area contributed by atoms with Crippen LogP contribution in [0, 0.1) is 0 Å². The van der Waals surface area contributed by atoms with Gasteiger partial charge in [-0.25, -0.2) is 0 Å². The van der Waals surface area contributed by atoms with Gasteiger partial charge in [-0.3, -0.25) is 4.57 Å². The van der Waals surface area contributed by atoms with Crippen molar-refractivity contribution in [3.8, 4) is 0 Å². The molecule has 0 bridgehead atoms. The van der Waals surface area contributed by atoms with Crippen LogP contribution in [0.2, 0.25) is 0 Å². The zero-order valence-electron chi connectivity index (χ0n) is 6.16. The Hall–Kier alpha value is 0.0700. The highest BCUT2D eigenvalue weighted by Gasteiger charge is 2.43. The maximum absolute atomic E-state index is 10.8. The Morgan fingerprint density at radius 2 is 2.18 bits per heavy atom. The van der Waals surface area contributed by atoms with E-state index in [2.05, 4.69) is 5.32 Å². The minimum Gasteiger partial charge on any atom is -0.323 e. The van der Waals surface area contributed by atoms with Crippen molar-refractivity contribution < 1.29 is 14.4 Å². The second kappa shape index (κ2) is 2.84. The fourth-order valence-corrected chi connectivity index (χ4v) is 1.93. The fraction of sp³-hybridized carbons (Fsp3) is 1.00. The first-order valence-electron chi connectivity index (χ1n) is 3.51. The van der Waals surface area contributed by atoms with Crippen molar-refractivity contribution in [3.05, 3.63) is 0 Å². The molecule has 0 radical (unpaired) electrons. The van der Waals surface area contributed by atoms with Crippen LogP contribution in [0.4, 0.5) is 0 Å². The Bertz CT molecular complexity index is 184. The number of hydrogen-bond acceptors (Lipinski definition) is 3. The Kier molecular flexibility index (Phi) is 2.37. The molecule has 1 atom stereocenters. The van der Waals surface area contributed by atoms with E-state index in [1.807, 2.05) is 0 Å². The summed E-state index contributed by atoms with van der Waals surface area (Å²) in [6, 6.07) is 0. The maximum Gasteiger partial charge on any atom is 0.346 e. The molecule has 1 aliphatic rings. The highest BCUT2D eigenvalue weighted by molar-refractivity contribution is 7.53. The van der Waals surface area contributed by atoms with E-state index in [1.54, 1.807) is 0 Å². The molecule has 1 heterocycles. The molecule has 0 saturated carbocycles. The van der Waals surface area contributed by atoms with Crippen LogP contribution in [-0.2, 0) is 4.57 Å². The van der Waals surface area contributed by atoms with Crippen LogP contribution in [0.25, 0.3) is 0 Å². The largest absolute Gasteiger partial charge is 0.346 e. The van der Waals surface area contributed by atoms with E-state index in [4.69, 9.17) is 15.5 Å². The van der Waals surface area contributed by atoms with Crippen molar-refractivity contribution in [3.63, 3.8) is 0 Å². The van der Waals surface area contributed by atoms with Crippen LogP contribution in [0.5, 0.6) is 0 Å². The zero-order chi connectivity index (χ0) is 8.54. The average molecular weight is 180 g/mol. The van der Waals surface area contributed by atoms with Crippen LogP contribution in [0.15, 0.2) is 0 Å². The Balaban J connectivity index is 2.72. The first-order chi connectivity index (χ1) is 4.96. The minimum absolute atomic E-state index is 0.206. The van der Waals surface area contributed by atoms with Crippen molar-refractivity contribution >= 4 is 7.60 Å². The summed E-state index contributed by atoms with van der Waals surface area (Å²) in [6.07, 6.45) is 1.12. The lowest BCUT2D eigenvalue weighted by Crippen LogP contribution is -2.52. The van der Waals surface area contributed by atoms with Crippen molar-refractivity contribution in [2.24, 2.45) is 5.73 Å². The van der Waals surface area contributed by atoms with Crippen molar-refractivity contribution in [1.29, 1.82) is 0 Å².